The van der Waals surface area contributed by atoms with Crippen LogP contribution in [0.3, 0.4) is 0 Å². The molecule has 0 aromatic heterocycles. The number of amidine groups is 1. The average molecular weight is 114 g/mol. The fourth-order valence-electron chi connectivity index (χ4n) is 0.173. The van der Waals surface area contributed by atoms with Crippen molar-refractivity contribution < 1.29 is 4.84 Å². The summed E-state index contributed by atoms with van der Waals surface area (Å²) in [6, 6.07) is 0. The largest absolute Gasteiger partial charge is 0.390 e. The van der Waals surface area contributed by atoms with Crippen LogP contribution < -0.4 is 5.48 Å². The highest BCUT2D eigenvalue weighted by Gasteiger charge is 1.79. The maximum atomic E-state index is 4.57. The molecule has 0 aliphatic heterocycles. The maximum absolute atomic E-state index is 4.57. The topological polar surface area (TPSA) is 33.6 Å². The van der Waals surface area contributed by atoms with Gasteiger partial charge >= 0.3 is 0 Å². The van der Waals surface area contributed by atoms with Crippen molar-refractivity contribution in [2.24, 2.45) is 4.99 Å². The standard InChI is InChI=1S/C5H10N2O/c1-4-8-7-5(2)6-3/h4H,1H2,2-3H3,(H,6,7). The van der Waals surface area contributed by atoms with Crippen LogP contribution in [0.4, 0.5) is 0 Å². The van der Waals surface area contributed by atoms with E-state index in [1.807, 2.05) is 0 Å². The van der Waals surface area contributed by atoms with Crippen molar-refractivity contribution in [2.45, 2.75) is 6.92 Å². The molecule has 0 saturated carbocycles. The van der Waals surface area contributed by atoms with E-state index in [1.54, 1.807) is 14.0 Å². The Morgan fingerprint density at radius 3 is 2.88 bits per heavy atom. The van der Waals surface area contributed by atoms with Crippen LogP contribution >= 0.6 is 0 Å². The zero-order valence-corrected chi connectivity index (χ0v) is 5.14. The second-order valence-electron chi connectivity index (χ2n) is 1.20. The van der Waals surface area contributed by atoms with Crippen LogP contribution in [-0.2, 0) is 4.84 Å². The van der Waals surface area contributed by atoms with Gasteiger partial charge < -0.3 is 4.84 Å². The van der Waals surface area contributed by atoms with E-state index in [2.05, 4.69) is 21.9 Å². The van der Waals surface area contributed by atoms with Gasteiger partial charge in [0.2, 0.25) is 0 Å². The Balaban J connectivity index is 3.24. The summed E-state index contributed by atoms with van der Waals surface area (Å²) in [6.07, 6.45) is 1.30. The van der Waals surface area contributed by atoms with Gasteiger partial charge in [-0.05, 0) is 6.92 Å². The third kappa shape index (κ3) is 3.21. The van der Waals surface area contributed by atoms with Crippen LogP contribution in [0, 0.1) is 0 Å². The molecule has 0 aliphatic carbocycles. The minimum absolute atomic E-state index is 0.727. The molecule has 46 valence electrons. The lowest BCUT2D eigenvalue weighted by Crippen LogP contribution is -2.17. The summed E-state index contributed by atoms with van der Waals surface area (Å²) in [5, 5.41) is 0. The van der Waals surface area contributed by atoms with Crippen molar-refractivity contribution in [1.29, 1.82) is 0 Å². The molecule has 0 amide bonds. The highest BCUT2D eigenvalue weighted by Crippen LogP contribution is 1.68. The van der Waals surface area contributed by atoms with Crippen LogP contribution in [0.2, 0.25) is 0 Å². The first-order chi connectivity index (χ1) is 3.81. The van der Waals surface area contributed by atoms with Gasteiger partial charge in [-0.25, -0.2) is 5.48 Å². The highest BCUT2D eigenvalue weighted by atomic mass is 16.6. The fraction of sp³-hybridized carbons (Fsp3) is 0.400. The van der Waals surface area contributed by atoms with Gasteiger partial charge in [0.25, 0.3) is 0 Å². The molecule has 8 heavy (non-hydrogen) atoms. The minimum atomic E-state index is 0.727. The number of nitrogens with zero attached hydrogens (tertiary/aromatic N) is 1. The van der Waals surface area contributed by atoms with E-state index in [1.165, 1.54) is 6.26 Å². The smallest absolute Gasteiger partial charge is 0.128 e. The molecule has 3 nitrogen and oxygen atoms in total. The molecule has 0 aromatic carbocycles. The number of rotatable bonds is 2. The zero-order chi connectivity index (χ0) is 6.41. The van der Waals surface area contributed by atoms with Crippen LogP contribution in [-0.4, -0.2) is 12.9 Å². The predicted molar refractivity (Wildman–Crippen MR) is 33.5 cm³/mol. The van der Waals surface area contributed by atoms with E-state index in [0.29, 0.717) is 0 Å². The molecule has 0 saturated heterocycles. The Morgan fingerprint density at radius 2 is 2.50 bits per heavy atom. The molecular weight excluding hydrogens is 104 g/mol. The van der Waals surface area contributed by atoms with Crippen molar-refractivity contribution in [2.75, 3.05) is 7.05 Å². The zero-order valence-electron chi connectivity index (χ0n) is 5.14. The Morgan fingerprint density at radius 1 is 1.88 bits per heavy atom. The van der Waals surface area contributed by atoms with Crippen molar-refractivity contribution in [3.05, 3.63) is 12.8 Å². The highest BCUT2D eigenvalue weighted by molar-refractivity contribution is 5.78. The number of hydroxylamine groups is 1. The van der Waals surface area contributed by atoms with Gasteiger partial charge in [-0.1, -0.05) is 6.58 Å². The van der Waals surface area contributed by atoms with Gasteiger partial charge in [0.05, 0.1) is 0 Å². The molecule has 1 N–H and O–H groups in total. The second kappa shape index (κ2) is 4.18. The monoisotopic (exact) mass is 114 g/mol. The van der Waals surface area contributed by atoms with E-state index in [0.717, 1.165) is 5.84 Å². The van der Waals surface area contributed by atoms with Crippen molar-refractivity contribution in [3.63, 3.8) is 0 Å². The first-order valence-corrected chi connectivity index (χ1v) is 2.27. The lowest BCUT2D eigenvalue weighted by Gasteiger charge is -1.99. The summed E-state index contributed by atoms with van der Waals surface area (Å²) in [5.74, 6) is 0.727. The van der Waals surface area contributed by atoms with Gasteiger partial charge in [-0.3, -0.25) is 4.99 Å². The molecule has 0 heterocycles. The summed E-state index contributed by atoms with van der Waals surface area (Å²) >= 11 is 0. The van der Waals surface area contributed by atoms with Gasteiger partial charge in [0.1, 0.15) is 12.1 Å². The van der Waals surface area contributed by atoms with Crippen molar-refractivity contribution in [1.82, 2.24) is 5.48 Å². The molecule has 0 aromatic rings. The number of hydrogen-bond donors (Lipinski definition) is 1. The van der Waals surface area contributed by atoms with Crippen LogP contribution in [0.25, 0.3) is 0 Å². The quantitative estimate of drug-likeness (QED) is 0.248. The van der Waals surface area contributed by atoms with E-state index in [4.69, 9.17) is 0 Å². The van der Waals surface area contributed by atoms with Gasteiger partial charge in [-0.2, -0.15) is 0 Å². The molecule has 0 radical (unpaired) electrons. The van der Waals surface area contributed by atoms with Gasteiger partial charge in [0.15, 0.2) is 0 Å². The normalized spacial score (nSPS) is 10.5. The molecule has 0 aliphatic rings. The maximum Gasteiger partial charge on any atom is 0.128 e. The average Bonchev–Trinajstić information content (AvgIpc) is 1.83. The lowest BCUT2D eigenvalue weighted by molar-refractivity contribution is 0.194. The lowest BCUT2D eigenvalue weighted by atomic mass is 10.7. The number of nitrogens with one attached hydrogen (secondary N) is 1. The van der Waals surface area contributed by atoms with Crippen molar-refractivity contribution >= 4 is 5.84 Å². The molecular formula is C5H10N2O. The van der Waals surface area contributed by atoms with Crippen LogP contribution in [0.1, 0.15) is 6.92 Å². The van der Waals surface area contributed by atoms with Gasteiger partial charge in [0, 0.05) is 7.05 Å². The Labute approximate surface area is 49.0 Å². The molecule has 0 bridgehead atoms. The summed E-state index contributed by atoms with van der Waals surface area (Å²) in [7, 11) is 1.68. The molecule has 0 unspecified atom stereocenters. The molecule has 0 spiro atoms. The first kappa shape index (κ1) is 7.01. The third-order valence-corrected chi connectivity index (χ3v) is 0.625. The predicted octanol–water partition coefficient (Wildman–Crippen LogP) is 0.699. The van der Waals surface area contributed by atoms with E-state index >= 15 is 0 Å². The van der Waals surface area contributed by atoms with E-state index in [-0.39, 0.29) is 0 Å². The molecule has 0 atom stereocenters. The van der Waals surface area contributed by atoms with E-state index in [9.17, 15) is 0 Å². The minimum Gasteiger partial charge on any atom is -0.390 e. The summed E-state index contributed by atoms with van der Waals surface area (Å²) < 4.78 is 0. The Kier molecular flexibility index (Phi) is 3.66. The molecule has 0 rings (SSSR count). The second-order valence-corrected chi connectivity index (χ2v) is 1.20. The van der Waals surface area contributed by atoms with Crippen LogP contribution in [0.5, 0.6) is 0 Å². The molecule has 3 heteroatoms. The van der Waals surface area contributed by atoms with Gasteiger partial charge in [-0.15, -0.1) is 0 Å². The molecule has 0 fully saturated rings. The Bertz CT molecular complexity index is 98.6. The number of aliphatic imine (C=N–C) groups is 1. The Hall–Kier alpha value is -0.990. The summed E-state index contributed by atoms with van der Waals surface area (Å²) in [5.41, 5.74) is 2.51. The fourth-order valence-corrected chi connectivity index (χ4v) is 0.173. The first-order valence-electron chi connectivity index (χ1n) is 2.27. The third-order valence-electron chi connectivity index (χ3n) is 0.625. The van der Waals surface area contributed by atoms with Crippen molar-refractivity contribution in [3.8, 4) is 0 Å². The SMILES string of the molecule is C=CONC(C)=NC. The summed E-state index contributed by atoms with van der Waals surface area (Å²) in [6.45, 7) is 5.12. The van der Waals surface area contributed by atoms with E-state index < -0.39 is 0 Å². The summed E-state index contributed by atoms with van der Waals surface area (Å²) in [4.78, 5) is 8.33. The van der Waals surface area contributed by atoms with Crippen LogP contribution in [0.15, 0.2) is 17.8 Å². The number of hydrogen-bond acceptors (Lipinski definition) is 2.